The van der Waals surface area contributed by atoms with E-state index in [-0.39, 0.29) is 12.8 Å². The molecule has 0 aliphatic carbocycles. The zero-order chi connectivity index (χ0) is 49.7. The molecule has 9 unspecified atom stereocenters. The maximum Gasteiger partial charge on any atom is 0.249 e. The summed E-state index contributed by atoms with van der Waals surface area (Å²) < 4.78 is 11.1. The van der Waals surface area contributed by atoms with Crippen LogP contribution in [0.15, 0.2) is 48.6 Å². The Hall–Kier alpha value is -1.93. The van der Waals surface area contributed by atoms with Crippen molar-refractivity contribution >= 4 is 5.91 Å². The van der Waals surface area contributed by atoms with E-state index < -0.39 is 74.2 Å². The molecule has 9 atom stereocenters. The molecule has 1 saturated heterocycles. The lowest BCUT2D eigenvalue weighted by Gasteiger charge is -2.40. The lowest BCUT2D eigenvalue weighted by atomic mass is 9.98. The lowest BCUT2D eigenvalue weighted by Crippen LogP contribution is -2.60. The maximum absolute atomic E-state index is 13.1. The van der Waals surface area contributed by atoms with E-state index in [9.17, 15) is 40.5 Å². The van der Waals surface area contributed by atoms with Gasteiger partial charge in [0.15, 0.2) is 6.29 Å². The second-order valence-electron chi connectivity index (χ2n) is 19.6. The molecule has 0 aromatic rings. The topological polar surface area (TPSA) is 189 Å². The number of carbonyl (C=O) groups excluding carboxylic acids is 1. The molecule has 1 rings (SSSR count). The van der Waals surface area contributed by atoms with Crippen molar-refractivity contribution in [3.63, 3.8) is 0 Å². The molecule has 1 heterocycles. The van der Waals surface area contributed by atoms with Crippen molar-refractivity contribution in [2.24, 2.45) is 0 Å². The van der Waals surface area contributed by atoms with Crippen LogP contribution in [-0.4, -0.2) is 110 Å². The van der Waals surface area contributed by atoms with Crippen LogP contribution in [0, 0.1) is 0 Å². The van der Waals surface area contributed by atoms with Crippen LogP contribution in [0.25, 0.3) is 0 Å². The number of aliphatic hydroxyl groups excluding tert-OH is 7. The van der Waals surface area contributed by atoms with Gasteiger partial charge in [-0.05, 0) is 83.5 Å². The third-order valence-electron chi connectivity index (χ3n) is 13.3. The highest BCUT2D eigenvalue weighted by Gasteiger charge is 2.44. The van der Waals surface area contributed by atoms with Crippen LogP contribution in [0.4, 0.5) is 0 Å². The van der Waals surface area contributed by atoms with E-state index >= 15 is 0 Å². The van der Waals surface area contributed by atoms with Crippen molar-refractivity contribution in [2.45, 2.75) is 294 Å². The second kappa shape index (κ2) is 46.2. The van der Waals surface area contributed by atoms with Gasteiger partial charge in [0, 0.05) is 0 Å². The predicted octanol–water partition coefficient (Wildman–Crippen LogP) is 11.3. The molecule has 1 amide bonds. The molecular weight excluding hydrogens is 859 g/mol. The second-order valence-corrected chi connectivity index (χ2v) is 19.6. The van der Waals surface area contributed by atoms with Crippen molar-refractivity contribution in [3.05, 3.63) is 48.6 Å². The molecule has 0 aromatic carbocycles. The number of ether oxygens (including phenoxy) is 2. The Morgan fingerprint density at radius 3 is 1.41 bits per heavy atom. The molecule has 398 valence electrons. The van der Waals surface area contributed by atoms with Gasteiger partial charge in [-0.15, -0.1) is 0 Å². The maximum atomic E-state index is 13.1. The minimum absolute atomic E-state index is 0.244. The summed E-state index contributed by atoms with van der Waals surface area (Å²) in [6, 6.07) is -1.19. The molecule has 0 bridgehead atoms. The van der Waals surface area contributed by atoms with Crippen LogP contribution in [0.2, 0.25) is 0 Å². The van der Waals surface area contributed by atoms with E-state index in [1.54, 1.807) is 0 Å². The molecule has 11 nitrogen and oxygen atoms in total. The van der Waals surface area contributed by atoms with E-state index in [0.717, 1.165) is 44.9 Å². The third kappa shape index (κ3) is 34.4. The standard InChI is InChI=1S/C57H105NO10/c1-3-5-7-9-11-13-15-17-18-19-20-21-22-23-24-25-26-27-28-29-30-31-33-35-37-39-41-43-45-50(61)56(66)58-48(47-67-57-55(65)54(64)53(63)51(46-59)68-57)52(62)49(60)44-42-40-38-36-34-32-16-14-12-10-8-6-4-2/h14,16,20-21,23-24,36,38,48-55,57,59-65H,3-13,15,17-19,22,25-35,37,39-47H2,1-2H3,(H,58,66)/b16-14+,21-20-,24-23-,38-36+. The van der Waals surface area contributed by atoms with E-state index in [4.69, 9.17) is 9.47 Å². The summed E-state index contributed by atoms with van der Waals surface area (Å²) in [6.07, 6.45) is 46.0. The fourth-order valence-corrected chi connectivity index (χ4v) is 8.72. The van der Waals surface area contributed by atoms with Crippen LogP contribution >= 0.6 is 0 Å². The van der Waals surface area contributed by atoms with Gasteiger partial charge in [-0.1, -0.05) is 204 Å². The lowest BCUT2D eigenvalue weighted by molar-refractivity contribution is -0.303. The minimum Gasteiger partial charge on any atom is -0.394 e. The van der Waals surface area contributed by atoms with Gasteiger partial charge in [-0.3, -0.25) is 4.79 Å². The number of hydrogen-bond acceptors (Lipinski definition) is 10. The number of rotatable bonds is 47. The Morgan fingerprint density at radius 2 is 0.926 bits per heavy atom. The van der Waals surface area contributed by atoms with Crippen molar-refractivity contribution in [2.75, 3.05) is 13.2 Å². The summed E-state index contributed by atoms with van der Waals surface area (Å²) in [4.78, 5) is 13.1. The smallest absolute Gasteiger partial charge is 0.249 e. The van der Waals surface area contributed by atoms with Crippen LogP contribution in [-0.2, 0) is 14.3 Å². The molecular formula is C57H105NO10. The van der Waals surface area contributed by atoms with Crippen LogP contribution in [0.3, 0.4) is 0 Å². The molecule has 11 heteroatoms. The quantitative estimate of drug-likeness (QED) is 0.0215. The zero-order valence-corrected chi connectivity index (χ0v) is 43.3. The highest BCUT2D eigenvalue weighted by atomic mass is 16.7. The first-order chi connectivity index (χ1) is 33.2. The van der Waals surface area contributed by atoms with E-state index in [1.165, 1.54) is 148 Å². The SMILES string of the molecule is CCCCCC/C=C/CC/C=C/CCCC(O)C(O)C(COC1OC(CO)C(O)C(O)C1O)NC(=O)C(O)CCCCCCCCCCCCCC/C=C\C/C=C\CCCCCCCCCCC. The summed E-state index contributed by atoms with van der Waals surface area (Å²) in [5, 5.41) is 75.9. The highest BCUT2D eigenvalue weighted by Crippen LogP contribution is 2.23. The van der Waals surface area contributed by atoms with Gasteiger partial charge >= 0.3 is 0 Å². The van der Waals surface area contributed by atoms with E-state index in [1.807, 2.05) is 0 Å². The first kappa shape index (κ1) is 64.1. The average molecular weight is 964 g/mol. The van der Waals surface area contributed by atoms with Crippen LogP contribution in [0.5, 0.6) is 0 Å². The highest BCUT2D eigenvalue weighted by molar-refractivity contribution is 5.80. The summed E-state index contributed by atoms with van der Waals surface area (Å²) in [6.45, 7) is 3.41. The van der Waals surface area contributed by atoms with Gasteiger partial charge in [0.1, 0.15) is 36.6 Å². The van der Waals surface area contributed by atoms with E-state index in [0.29, 0.717) is 19.3 Å². The van der Waals surface area contributed by atoms with Crippen molar-refractivity contribution < 1.29 is 50.0 Å². The summed E-state index contributed by atoms with van der Waals surface area (Å²) in [5.74, 6) is -0.712. The zero-order valence-electron chi connectivity index (χ0n) is 43.3. The average Bonchev–Trinajstić information content (AvgIpc) is 3.34. The monoisotopic (exact) mass is 964 g/mol. The summed E-state index contributed by atoms with van der Waals surface area (Å²) in [7, 11) is 0. The van der Waals surface area contributed by atoms with Crippen molar-refractivity contribution in [1.29, 1.82) is 0 Å². The first-order valence-corrected chi connectivity index (χ1v) is 28.0. The summed E-state index contributed by atoms with van der Waals surface area (Å²) >= 11 is 0. The van der Waals surface area contributed by atoms with Gasteiger partial charge < -0.3 is 50.5 Å². The van der Waals surface area contributed by atoms with Crippen molar-refractivity contribution in [1.82, 2.24) is 5.32 Å². The Morgan fingerprint density at radius 1 is 0.515 bits per heavy atom. The number of carbonyl (C=O) groups is 1. The van der Waals surface area contributed by atoms with Crippen LogP contribution in [0.1, 0.15) is 239 Å². The predicted molar refractivity (Wildman–Crippen MR) is 279 cm³/mol. The number of allylic oxidation sites excluding steroid dienone is 8. The van der Waals surface area contributed by atoms with Gasteiger partial charge in [0.2, 0.25) is 5.91 Å². The van der Waals surface area contributed by atoms with Gasteiger partial charge in [-0.2, -0.15) is 0 Å². The van der Waals surface area contributed by atoms with E-state index in [2.05, 4.69) is 67.8 Å². The molecule has 8 N–H and O–H groups in total. The Balaban J connectivity index is 2.28. The van der Waals surface area contributed by atoms with Crippen LogP contribution < -0.4 is 5.32 Å². The van der Waals surface area contributed by atoms with Gasteiger partial charge in [0.25, 0.3) is 0 Å². The largest absolute Gasteiger partial charge is 0.394 e. The molecule has 0 saturated carbocycles. The van der Waals surface area contributed by atoms with Gasteiger partial charge in [-0.25, -0.2) is 0 Å². The first-order valence-electron chi connectivity index (χ1n) is 28.0. The third-order valence-corrected chi connectivity index (χ3v) is 13.3. The van der Waals surface area contributed by atoms with Gasteiger partial charge in [0.05, 0.1) is 25.4 Å². The fourth-order valence-electron chi connectivity index (χ4n) is 8.72. The fraction of sp³-hybridized carbons (Fsp3) is 0.842. The Labute approximate surface area is 415 Å². The number of amides is 1. The Kier molecular flexibility index (Phi) is 43.5. The normalized spacial score (nSPS) is 20.9. The molecule has 1 aliphatic heterocycles. The molecule has 68 heavy (non-hydrogen) atoms. The number of nitrogens with one attached hydrogen (secondary N) is 1. The number of hydrogen-bond donors (Lipinski definition) is 8. The molecule has 0 radical (unpaired) electrons. The molecule has 0 spiro atoms. The van der Waals surface area contributed by atoms with Crippen molar-refractivity contribution in [3.8, 4) is 0 Å². The number of aliphatic hydroxyl groups is 7. The minimum atomic E-state index is -1.67. The summed E-state index contributed by atoms with van der Waals surface area (Å²) in [5.41, 5.74) is 0. The Bertz CT molecular complexity index is 1240. The molecule has 1 fully saturated rings. The molecule has 0 aromatic heterocycles. The molecule has 1 aliphatic rings. The number of unbranched alkanes of at least 4 members (excludes halogenated alkanes) is 27.